The molecule has 10 heteroatoms. The topological polar surface area (TPSA) is 117 Å². The number of carbonyl (C=O) groups excluding carboxylic acids is 1. The highest BCUT2D eigenvalue weighted by molar-refractivity contribution is 6.35. The summed E-state index contributed by atoms with van der Waals surface area (Å²) in [7, 11) is 0. The number of hydrogen-bond acceptors (Lipinski definition) is 4. The molecule has 1 fully saturated rings. The summed E-state index contributed by atoms with van der Waals surface area (Å²) in [6, 6.07) is 10.9. The Balaban J connectivity index is 1.80. The molecular formula is C28H34ClN5O4. The second-order valence-corrected chi connectivity index (χ2v) is 11.1. The number of nitrogens with zero attached hydrogens (tertiary/aromatic N) is 3. The summed E-state index contributed by atoms with van der Waals surface area (Å²) >= 11 is 6.41. The van der Waals surface area contributed by atoms with Crippen molar-refractivity contribution in [2.24, 2.45) is 0 Å². The van der Waals surface area contributed by atoms with Gasteiger partial charge in [0, 0.05) is 17.3 Å². The molecule has 3 amide bonds. The zero-order chi connectivity index (χ0) is 27.6. The van der Waals surface area contributed by atoms with Crippen LogP contribution in [0.2, 0.25) is 5.02 Å². The number of urea groups is 1. The molecule has 1 heterocycles. The Morgan fingerprint density at radius 1 is 1.13 bits per heavy atom. The van der Waals surface area contributed by atoms with Crippen LogP contribution in [0.4, 0.5) is 15.3 Å². The third-order valence-corrected chi connectivity index (χ3v) is 7.18. The Labute approximate surface area is 226 Å². The average Bonchev–Trinajstić information content (AvgIpc) is 2.83. The highest BCUT2D eigenvalue weighted by atomic mass is 35.5. The molecule has 2 aromatic carbocycles. The number of amides is 3. The minimum absolute atomic E-state index is 0.147. The Hall–Kier alpha value is -3.59. The first-order chi connectivity index (χ1) is 18.0. The molecule has 3 N–H and O–H groups in total. The van der Waals surface area contributed by atoms with E-state index < -0.39 is 23.2 Å². The molecule has 3 aromatic rings. The van der Waals surface area contributed by atoms with Crippen LogP contribution in [0.5, 0.6) is 0 Å². The van der Waals surface area contributed by atoms with E-state index in [1.54, 1.807) is 70.2 Å². The summed E-state index contributed by atoms with van der Waals surface area (Å²) < 4.78 is 1.38. The van der Waals surface area contributed by atoms with Gasteiger partial charge in [-0.25, -0.2) is 14.6 Å². The van der Waals surface area contributed by atoms with Crippen LogP contribution in [0.25, 0.3) is 16.6 Å². The highest BCUT2D eigenvalue weighted by Crippen LogP contribution is 2.30. The number of nitrogens with one attached hydrogen (secondary N) is 2. The van der Waals surface area contributed by atoms with Gasteiger partial charge in [0.25, 0.3) is 5.56 Å². The van der Waals surface area contributed by atoms with Gasteiger partial charge in [-0.15, -0.1) is 0 Å². The summed E-state index contributed by atoms with van der Waals surface area (Å²) in [4.78, 5) is 44.8. The van der Waals surface area contributed by atoms with Gasteiger partial charge in [-0.2, -0.15) is 0 Å². The smallest absolute Gasteiger partial charge is 0.408 e. The van der Waals surface area contributed by atoms with Crippen molar-refractivity contribution in [3.05, 3.63) is 63.7 Å². The van der Waals surface area contributed by atoms with E-state index in [1.807, 2.05) is 0 Å². The third-order valence-electron chi connectivity index (χ3n) is 6.87. The number of hydrogen-bond donors (Lipinski definition) is 3. The predicted octanol–water partition coefficient (Wildman–Crippen LogP) is 6.33. The maximum atomic E-state index is 13.9. The van der Waals surface area contributed by atoms with Crippen molar-refractivity contribution in [1.29, 1.82) is 0 Å². The van der Waals surface area contributed by atoms with Crippen LogP contribution in [0, 0.1) is 0 Å². The fourth-order valence-corrected chi connectivity index (χ4v) is 5.46. The van der Waals surface area contributed by atoms with Gasteiger partial charge in [0.15, 0.2) is 0 Å². The van der Waals surface area contributed by atoms with Gasteiger partial charge in [0.1, 0.15) is 5.82 Å². The number of carbonyl (C=O) groups is 2. The van der Waals surface area contributed by atoms with E-state index in [9.17, 15) is 19.5 Å². The van der Waals surface area contributed by atoms with Crippen LogP contribution in [-0.4, -0.2) is 43.3 Å². The summed E-state index contributed by atoms with van der Waals surface area (Å²) in [5.74, 6) is 0.242. The molecule has 202 valence electrons. The Kier molecular flexibility index (Phi) is 7.97. The van der Waals surface area contributed by atoms with Gasteiger partial charge in [-0.1, -0.05) is 43.0 Å². The largest absolute Gasteiger partial charge is 0.465 e. The van der Waals surface area contributed by atoms with Gasteiger partial charge < -0.3 is 15.7 Å². The Morgan fingerprint density at radius 3 is 2.47 bits per heavy atom. The molecule has 0 unspecified atom stereocenters. The lowest BCUT2D eigenvalue weighted by Crippen LogP contribution is -2.47. The van der Waals surface area contributed by atoms with Gasteiger partial charge in [-0.05, 0) is 70.9 Å². The minimum Gasteiger partial charge on any atom is -0.465 e. The van der Waals surface area contributed by atoms with Crippen LogP contribution < -0.4 is 16.2 Å². The van der Waals surface area contributed by atoms with E-state index in [-0.39, 0.29) is 28.3 Å². The quantitative estimate of drug-likeness (QED) is 0.350. The highest BCUT2D eigenvalue weighted by Gasteiger charge is 2.34. The molecule has 1 aliphatic carbocycles. The van der Waals surface area contributed by atoms with Crippen molar-refractivity contribution in [2.75, 3.05) is 5.32 Å². The second-order valence-electron chi connectivity index (χ2n) is 10.7. The maximum absolute atomic E-state index is 13.9. The Morgan fingerprint density at radius 2 is 1.82 bits per heavy atom. The van der Waals surface area contributed by atoms with E-state index in [4.69, 9.17) is 16.6 Å². The lowest BCUT2D eigenvalue weighted by atomic mass is 9.96. The fourth-order valence-electron chi connectivity index (χ4n) is 5.21. The van der Waals surface area contributed by atoms with Gasteiger partial charge in [0.2, 0.25) is 0 Å². The first-order valence-corrected chi connectivity index (χ1v) is 13.3. The SMILES string of the molecule is C[C@@H](c1nc2cccc(Cl)c2c(=O)n1-c1cccc(NC(=O)NC2CCCCC2)c1)N(C(=O)O)C(C)(C)C. The van der Waals surface area contributed by atoms with Crippen LogP contribution >= 0.6 is 11.6 Å². The van der Waals surface area contributed by atoms with Crippen LogP contribution in [0.3, 0.4) is 0 Å². The van der Waals surface area contributed by atoms with E-state index in [0.717, 1.165) is 25.7 Å². The summed E-state index contributed by atoms with van der Waals surface area (Å²) in [6.45, 7) is 7.06. The molecule has 9 nitrogen and oxygen atoms in total. The number of halogens is 1. The Bertz CT molecular complexity index is 1410. The average molecular weight is 540 g/mol. The lowest BCUT2D eigenvalue weighted by molar-refractivity contribution is 0.0719. The molecular weight excluding hydrogens is 506 g/mol. The molecule has 0 radical (unpaired) electrons. The van der Waals surface area contributed by atoms with Crippen molar-refractivity contribution >= 4 is 40.3 Å². The van der Waals surface area contributed by atoms with Gasteiger partial charge in [-0.3, -0.25) is 14.3 Å². The molecule has 1 saturated carbocycles. The number of anilines is 1. The molecule has 38 heavy (non-hydrogen) atoms. The zero-order valence-electron chi connectivity index (χ0n) is 22.1. The standard InChI is InChI=1S/C28H34ClN5O4/c1-17(34(27(37)38)28(2,3)4)24-32-22-15-9-14-21(29)23(22)25(35)33(24)20-13-8-12-19(16-20)31-26(36)30-18-10-6-5-7-11-18/h8-9,12-18H,5-7,10-11H2,1-4H3,(H,37,38)(H2,30,31,36)/t17-/m0/s1. The zero-order valence-corrected chi connectivity index (χ0v) is 22.9. The number of carboxylic acid groups (broad SMARTS) is 1. The monoisotopic (exact) mass is 539 g/mol. The van der Waals surface area contributed by atoms with Crippen molar-refractivity contribution < 1.29 is 14.7 Å². The van der Waals surface area contributed by atoms with Crippen LogP contribution in [0.1, 0.15) is 71.7 Å². The first kappa shape index (κ1) is 27.4. The van der Waals surface area contributed by atoms with Gasteiger partial charge >= 0.3 is 12.1 Å². The number of benzene rings is 2. The fraction of sp³-hybridized carbons (Fsp3) is 0.429. The lowest BCUT2D eigenvalue weighted by Gasteiger charge is -2.38. The molecule has 0 bridgehead atoms. The molecule has 4 rings (SSSR count). The van der Waals surface area contributed by atoms with E-state index in [1.165, 1.54) is 15.9 Å². The molecule has 1 aliphatic rings. The molecule has 0 saturated heterocycles. The number of fused-ring (bicyclic) bond motifs is 1. The molecule has 1 aromatic heterocycles. The summed E-state index contributed by atoms with van der Waals surface area (Å²) in [6.07, 6.45) is 4.18. The van der Waals surface area contributed by atoms with E-state index in [0.29, 0.717) is 16.9 Å². The van der Waals surface area contributed by atoms with Crippen molar-refractivity contribution in [3.63, 3.8) is 0 Å². The third kappa shape index (κ3) is 5.78. The maximum Gasteiger partial charge on any atom is 0.408 e. The summed E-state index contributed by atoms with van der Waals surface area (Å²) in [5.41, 5.74) is 0.108. The molecule has 0 aliphatic heterocycles. The second kappa shape index (κ2) is 11.0. The van der Waals surface area contributed by atoms with Crippen LogP contribution in [-0.2, 0) is 0 Å². The summed E-state index contributed by atoms with van der Waals surface area (Å²) in [5, 5.41) is 16.4. The minimum atomic E-state index is -1.13. The normalized spacial score (nSPS) is 15.2. The number of aromatic nitrogens is 2. The van der Waals surface area contributed by atoms with E-state index >= 15 is 0 Å². The number of rotatable bonds is 5. The van der Waals surface area contributed by atoms with Crippen LogP contribution in [0.15, 0.2) is 47.3 Å². The van der Waals surface area contributed by atoms with Crippen molar-refractivity contribution in [3.8, 4) is 5.69 Å². The van der Waals surface area contributed by atoms with Crippen molar-refractivity contribution in [2.45, 2.75) is 77.4 Å². The molecule has 0 spiro atoms. The predicted molar refractivity (Wildman–Crippen MR) is 149 cm³/mol. The van der Waals surface area contributed by atoms with Crippen molar-refractivity contribution in [1.82, 2.24) is 19.8 Å². The van der Waals surface area contributed by atoms with E-state index in [2.05, 4.69) is 10.6 Å². The first-order valence-electron chi connectivity index (χ1n) is 12.9. The van der Waals surface area contributed by atoms with Gasteiger partial charge in [0.05, 0.1) is 27.7 Å². The molecule has 1 atom stereocenters.